The lowest BCUT2D eigenvalue weighted by Gasteiger charge is -2.38. The number of hydrogen-bond acceptors (Lipinski definition) is 3. The number of benzene rings is 2. The van der Waals surface area contributed by atoms with Gasteiger partial charge in [-0.15, -0.1) is 0 Å². The number of anilines is 1. The van der Waals surface area contributed by atoms with E-state index >= 15 is 0 Å². The molecule has 1 heterocycles. The van der Waals surface area contributed by atoms with Gasteiger partial charge >= 0.3 is 0 Å². The molecule has 2 aromatic rings. The highest BCUT2D eigenvalue weighted by molar-refractivity contribution is 5.62. The van der Waals surface area contributed by atoms with Gasteiger partial charge in [-0.3, -0.25) is 0 Å². The average molecular weight is 307 g/mol. The van der Waals surface area contributed by atoms with Crippen LogP contribution < -0.4 is 10.1 Å². The summed E-state index contributed by atoms with van der Waals surface area (Å²) in [6, 6.07) is 14.1. The molecular weight excluding hydrogens is 286 g/mol. The zero-order chi connectivity index (χ0) is 15.8. The fourth-order valence-corrected chi connectivity index (χ4v) is 3.91. The van der Waals surface area contributed by atoms with Crippen molar-refractivity contribution >= 4 is 5.69 Å². The van der Waals surface area contributed by atoms with Crippen LogP contribution in [-0.2, 0) is 0 Å². The first-order valence-corrected chi connectivity index (χ1v) is 8.25. The van der Waals surface area contributed by atoms with Crippen LogP contribution in [0.4, 0.5) is 5.69 Å². The van der Waals surface area contributed by atoms with Crippen molar-refractivity contribution in [2.24, 2.45) is 5.92 Å². The summed E-state index contributed by atoms with van der Waals surface area (Å²) >= 11 is 0. The quantitative estimate of drug-likeness (QED) is 0.642. The van der Waals surface area contributed by atoms with Crippen LogP contribution in [0.1, 0.15) is 36.4 Å². The van der Waals surface area contributed by atoms with E-state index < -0.39 is 0 Å². The van der Waals surface area contributed by atoms with E-state index in [2.05, 4.69) is 29.6 Å². The predicted octanol–water partition coefficient (Wildman–Crippen LogP) is 4.62. The van der Waals surface area contributed by atoms with E-state index in [1.807, 2.05) is 31.2 Å². The largest absolute Gasteiger partial charge is 0.508 e. The summed E-state index contributed by atoms with van der Waals surface area (Å²) in [6.45, 7) is 2.68. The summed E-state index contributed by atoms with van der Waals surface area (Å²) in [4.78, 5) is 0. The molecule has 4 rings (SSSR count). The zero-order valence-corrected chi connectivity index (χ0v) is 13.2. The van der Waals surface area contributed by atoms with Gasteiger partial charge in [0, 0.05) is 17.2 Å². The molecule has 3 heteroatoms. The Hall–Kier alpha value is -2.42. The number of phenolic OH excluding ortho intramolecular Hbond substituents is 1. The van der Waals surface area contributed by atoms with Crippen LogP contribution in [-0.4, -0.2) is 11.7 Å². The molecule has 1 aliphatic carbocycles. The fourth-order valence-electron chi connectivity index (χ4n) is 3.91. The first-order valence-electron chi connectivity index (χ1n) is 8.25. The van der Waals surface area contributed by atoms with E-state index in [1.54, 1.807) is 6.07 Å². The molecule has 3 unspecified atom stereocenters. The second kappa shape index (κ2) is 5.65. The lowest BCUT2D eigenvalue weighted by Crippen LogP contribution is -2.29. The number of nitrogens with one attached hydrogen (secondary N) is 1. The Labute approximate surface area is 136 Å². The lowest BCUT2D eigenvalue weighted by molar-refractivity contribution is 0.326. The zero-order valence-electron chi connectivity index (χ0n) is 13.2. The van der Waals surface area contributed by atoms with Gasteiger partial charge in [-0.25, -0.2) is 0 Å². The third-order valence-corrected chi connectivity index (χ3v) is 4.90. The third-order valence-electron chi connectivity index (χ3n) is 4.90. The molecular formula is C20H21NO2. The number of aromatic hydroxyl groups is 1. The topological polar surface area (TPSA) is 41.5 Å². The first kappa shape index (κ1) is 14.2. The Morgan fingerprint density at radius 3 is 2.91 bits per heavy atom. The molecule has 2 N–H and O–H groups in total. The monoisotopic (exact) mass is 307 g/mol. The molecule has 0 aromatic heterocycles. The van der Waals surface area contributed by atoms with E-state index in [9.17, 15) is 5.11 Å². The maximum absolute atomic E-state index is 9.83. The molecule has 118 valence electrons. The smallest absolute Gasteiger partial charge is 0.124 e. The van der Waals surface area contributed by atoms with Gasteiger partial charge in [0.25, 0.3) is 0 Å². The first-order chi connectivity index (χ1) is 11.3. The SMILES string of the molecule is CCOc1ccccc1C1Nc2ccc(O)cc2C2C=CCC21. The minimum Gasteiger partial charge on any atom is -0.508 e. The summed E-state index contributed by atoms with van der Waals surface area (Å²) in [5.41, 5.74) is 3.51. The van der Waals surface area contributed by atoms with Crippen LogP contribution in [0, 0.1) is 5.92 Å². The molecule has 3 atom stereocenters. The summed E-state index contributed by atoms with van der Waals surface area (Å²) in [5, 5.41) is 13.5. The highest BCUT2D eigenvalue weighted by Gasteiger charge is 2.38. The molecule has 1 aliphatic heterocycles. The molecule has 0 radical (unpaired) electrons. The van der Waals surface area contributed by atoms with Gasteiger partial charge in [-0.05, 0) is 49.1 Å². The van der Waals surface area contributed by atoms with Gasteiger partial charge in [-0.2, -0.15) is 0 Å². The van der Waals surface area contributed by atoms with E-state index in [0.29, 0.717) is 24.2 Å². The van der Waals surface area contributed by atoms with Gasteiger partial charge in [0.15, 0.2) is 0 Å². The molecule has 2 aromatic carbocycles. The summed E-state index contributed by atoms with van der Waals surface area (Å²) in [5.74, 6) is 2.09. The number of allylic oxidation sites excluding steroid dienone is 2. The van der Waals surface area contributed by atoms with Crippen LogP contribution >= 0.6 is 0 Å². The third kappa shape index (κ3) is 2.37. The minimum atomic E-state index is 0.217. The van der Waals surface area contributed by atoms with Gasteiger partial charge < -0.3 is 15.2 Å². The highest BCUT2D eigenvalue weighted by Crippen LogP contribution is 2.51. The van der Waals surface area contributed by atoms with E-state index in [1.165, 1.54) is 11.1 Å². The van der Waals surface area contributed by atoms with Crippen molar-refractivity contribution in [3.8, 4) is 11.5 Å². The van der Waals surface area contributed by atoms with Crippen LogP contribution in [0.2, 0.25) is 0 Å². The number of ether oxygens (including phenoxy) is 1. The number of para-hydroxylation sites is 1. The molecule has 3 nitrogen and oxygen atoms in total. The fraction of sp³-hybridized carbons (Fsp3) is 0.300. The Bertz CT molecular complexity index is 753. The van der Waals surface area contributed by atoms with E-state index in [4.69, 9.17) is 4.74 Å². The molecule has 0 saturated carbocycles. The molecule has 0 fully saturated rings. The lowest BCUT2D eigenvalue weighted by atomic mass is 9.77. The van der Waals surface area contributed by atoms with Crippen molar-refractivity contribution < 1.29 is 9.84 Å². The summed E-state index contributed by atoms with van der Waals surface area (Å²) < 4.78 is 5.85. The Morgan fingerprint density at radius 1 is 1.17 bits per heavy atom. The maximum atomic E-state index is 9.83. The van der Waals surface area contributed by atoms with Gasteiger partial charge in [0.2, 0.25) is 0 Å². The van der Waals surface area contributed by atoms with E-state index in [-0.39, 0.29) is 6.04 Å². The van der Waals surface area contributed by atoms with Crippen molar-refractivity contribution in [3.05, 3.63) is 65.7 Å². The summed E-state index contributed by atoms with van der Waals surface area (Å²) in [6.07, 6.45) is 5.57. The Balaban J connectivity index is 1.78. The van der Waals surface area contributed by atoms with Crippen LogP contribution in [0.15, 0.2) is 54.6 Å². The molecule has 0 bridgehead atoms. The number of fused-ring (bicyclic) bond motifs is 3. The predicted molar refractivity (Wildman–Crippen MR) is 92.1 cm³/mol. The Kier molecular flexibility index (Phi) is 3.49. The molecule has 23 heavy (non-hydrogen) atoms. The Morgan fingerprint density at radius 2 is 2.04 bits per heavy atom. The molecule has 2 aliphatic rings. The summed E-state index contributed by atoms with van der Waals surface area (Å²) in [7, 11) is 0. The van der Waals surface area contributed by atoms with Crippen LogP contribution in [0.5, 0.6) is 11.5 Å². The van der Waals surface area contributed by atoms with Gasteiger partial charge in [0.1, 0.15) is 11.5 Å². The second-order valence-electron chi connectivity index (χ2n) is 6.22. The number of hydrogen-bond donors (Lipinski definition) is 2. The number of phenols is 1. The maximum Gasteiger partial charge on any atom is 0.124 e. The molecule has 0 amide bonds. The van der Waals surface area contributed by atoms with Gasteiger partial charge in [-0.1, -0.05) is 30.4 Å². The van der Waals surface area contributed by atoms with Gasteiger partial charge in [0.05, 0.1) is 12.6 Å². The van der Waals surface area contributed by atoms with Crippen molar-refractivity contribution in [3.63, 3.8) is 0 Å². The molecule has 0 spiro atoms. The van der Waals surface area contributed by atoms with E-state index in [0.717, 1.165) is 17.9 Å². The highest BCUT2D eigenvalue weighted by atomic mass is 16.5. The second-order valence-corrected chi connectivity index (χ2v) is 6.22. The van der Waals surface area contributed by atoms with Crippen LogP contribution in [0.3, 0.4) is 0 Å². The van der Waals surface area contributed by atoms with Crippen molar-refractivity contribution in [1.82, 2.24) is 0 Å². The minimum absolute atomic E-state index is 0.217. The van der Waals surface area contributed by atoms with Crippen molar-refractivity contribution in [2.75, 3.05) is 11.9 Å². The standard InChI is InChI=1S/C20H21NO2/c1-2-23-19-9-4-3-6-16(19)20-15-8-5-7-14(15)17-12-13(22)10-11-18(17)21-20/h3-7,9-12,14-15,20-22H,2,8H2,1H3. The normalized spacial score (nSPS) is 24.7. The molecule has 0 saturated heterocycles. The van der Waals surface area contributed by atoms with Crippen molar-refractivity contribution in [2.45, 2.75) is 25.3 Å². The van der Waals surface area contributed by atoms with Crippen molar-refractivity contribution in [1.29, 1.82) is 0 Å². The van der Waals surface area contributed by atoms with Crippen LogP contribution in [0.25, 0.3) is 0 Å². The average Bonchev–Trinajstić information content (AvgIpc) is 3.05. The number of rotatable bonds is 3.